The summed E-state index contributed by atoms with van der Waals surface area (Å²) < 4.78 is 11.1. The van der Waals surface area contributed by atoms with Crippen LogP contribution in [0.1, 0.15) is 39.3 Å². The standard InChI is InChI=1S/C15H24ClNO2/c1-5-17-12(4)13-7-8-15(14(16)9-13)19-11(3)10-18-6-2/h7-9,11-12,17H,5-6,10H2,1-4H3. The predicted octanol–water partition coefficient (Wildman–Crippen LogP) is 3.81. The van der Waals surface area contributed by atoms with E-state index in [1.165, 1.54) is 0 Å². The van der Waals surface area contributed by atoms with Crippen LogP contribution in [0.25, 0.3) is 0 Å². The summed E-state index contributed by atoms with van der Waals surface area (Å²) in [6.45, 7) is 10.3. The molecule has 2 atom stereocenters. The van der Waals surface area contributed by atoms with Gasteiger partial charge in [0.25, 0.3) is 0 Å². The molecule has 1 aromatic carbocycles. The van der Waals surface area contributed by atoms with Crippen LogP contribution in [0, 0.1) is 0 Å². The maximum absolute atomic E-state index is 6.26. The lowest BCUT2D eigenvalue weighted by Crippen LogP contribution is -2.20. The summed E-state index contributed by atoms with van der Waals surface area (Å²) in [6, 6.07) is 6.21. The van der Waals surface area contributed by atoms with Gasteiger partial charge in [-0.2, -0.15) is 0 Å². The second kappa shape index (κ2) is 8.41. The van der Waals surface area contributed by atoms with Gasteiger partial charge in [0.2, 0.25) is 0 Å². The summed E-state index contributed by atoms with van der Waals surface area (Å²) in [4.78, 5) is 0. The minimum atomic E-state index is -0.00510. The zero-order chi connectivity index (χ0) is 14.3. The highest BCUT2D eigenvalue weighted by atomic mass is 35.5. The van der Waals surface area contributed by atoms with Crippen LogP contribution in [0.4, 0.5) is 0 Å². The summed E-state index contributed by atoms with van der Waals surface area (Å²) in [5.41, 5.74) is 1.16. The Bertz CT molecular complexity index is 384. The molecule has 0 saturated carbocycles. The average molecular weight is 286 g/mol. The Hall–Kier alpha value is -0.770. The first-order valence-electron chi connectivity index (χ1n) is 6.85. The number of rotatable bonds is 8. The van der Waals surface area contributed by atoms with Crippen molar-refractivity contribution < 1.29 is 9.47 Å². The van der Waals surface area contributed by atoms with E-state index in [4.69, 9.17) is 21.1 Å². The minimum Gasteiger partial charge on any atom is -0.487 e. The number of halogens is 1. The molecule has 0 radical (unpaired) electrons. The highest BCUT2D eigenvalue weighted by Gasteiger charge is 2.10. The Morgan fingerprint density at radius 2 is 2.00 bits per heavy atom. The van der Waals surface area contributed by atoms with Crippen molar-refractivity contribution in [3.05, 3.63) is 28.8 Å². The van der Waals surface area contributed by atoms with Crippen molar-refractivity contribution in [3.63, 3.8) is 0 Å². The molecule has 0 aromatic heterocycles. The maximum Gasteiger partial charge on any atom is 0.138 e. The molecular formula is C15H24ClNO2. The van der Waals surface area contributed by atoms with E-state index >= 15 is 0 Å². The Morgan fingerprint density at radius 3 is 2.58 bits per heavy atom. The van der Waals surface area contributed by atoms with Gasteiger partial charge in [-0.05, 0) is 45.0 Å². The number of hydrogen-bond acceptors (Lipinski definition) is 3. The second-order valence-corrected chi connectivity index (χ2v) is 4.96. The van der Waals surface area contributed by atoms with E-state index in [1.807, 2.05) is 32.0 Å². The highest BCUT2D eigenvalue weighted by molar-refractivity contribution is 6.32. The fraction of sp³-hybridized carbons (Fsp3) is 0.600. The third-order valence-corrected chi connectivity index (χ3v) is 3.15. The van der Waals surface area contributed by atoms with Crippen LogP contribution < -0.4 is 10.1 Å². The van der Waals surface area contributed by atoms with Gasteiger partial charge < -0.3 is 14.8 Å². The van der Waals surface area contributed by atoms with Gasteiger partial charge in [-0.1, -0.05) is 24.6 Å². The molecule has 1 rings (SSSR count). The fourth-order valence-corrected chi connectivity index (χ4v) is 2.07. The molecule has 0 aliphatic carbocycles. The lowest BCUT2D eigenvalue weighted by Gasteiger charge is -2.18. The van der Waals surface area contributed by atoms with E-state index in [1.54, 1.807) is 0 Å². The first-order valence-corrected chi connectivity index (χ1v) is 7.23. The molecule has 4 heteroatoms. The molecule has 0 aliphatic rings. The van der Waals surface area contributed by atoms with Crippen LogP contribution in [-0.2, 0) is 4.74 Å². The lowest BCUT2D eigenvalue weighted by atomic mass is 10.1. The van der Waals surface area contributed by atoms with Crippen molar-refractivity contribution >= 4 is 11.6 Å². The maximum atomic E-state index is 6.26. The number of ether oxygens (including phenoxy) is 2. The molecule has 0 spiro atoms. The second-order valence-electron chi connectivity index (χ2n) is 4.56. The molecule has 3 nitrogen and oxygen atoms in total. The van der Waals surface area contributed by atoms with Gasteiger partial charge >= 0.3 is 0 Å². The Kier molecular flexibility index (Phi) is 7.21. The van der Waals surface area contributed by atoms with E-state index in [2.05, 4.69) is 19.2 Å². The summed E-state index contributed by atoms with van der Waals surface area (Å²) in [6.07, 6.45) is -0.00510. The molecule has 19 heavy (non-hydrogen) atoms. The monoisotopic (exact) mass is 285 g/mol. The van der Waals surface area contributed by atoms with Gasteiger partial charge in [-0.15, -0.1) is 0 Å². The molecule has 0 aliphatic heterocycles. The largest absolute Gasteiger partial charge is 0.487 e. The summed E-state index contributed by atoms with van der Waals surface area (Å²) in [5.74, 6) is 0.710. The summed E-state index contributed by atoms with van der Waals surface area (Å²) in [7, 11) is 0. The highest BCUT2D eigenvalue weighted by Crippen LogP contribution is 2.28. The quantitative estimate of drug-likeness (QED) is 0.788. The van der Waals surface area contributed by atoms with Crippen molar-refractivity contribution in [2.75, 3.05) is 19.8 Å². The van der Waals surface area contributed by atoms with Gasteiger partial charge in [0, 0.05) is 12.6 Å². The first-order chi connectivity index (χ1) is 9.08. The van der Waals surface area contributed by atoms with Crippen LogP contribution in [0.3, 0.4) is 0 Å². The van der Waals surface area contributed by atoms with E-state index in [0.717, 1.165) is 12.1 Å². The van der Waals surface area contributed by atoms with Crippen LogP contribution >= 0.6 is 11.6 Å². The smallest absolute Gasteiger partial charge is 0.138 e. The molecule has 1 aromatic rings. The lowest BCUT2D eigenvalue weighted by molar-refractivity contribution is 0.0657. The molecule has 0 saturated heterocycles. The molecule has 2 unspecified atom stereocenters. The Morgan fingerprint density at radius 1 is 1.26 bits per heavy atom. The third kappa shape index (κ3) is 5.39. The SMILES string of the molecule is CCNC(C)c1ccc(OC(C)COCC)c(Cl)c1. The number of nitrogens with one attached hydrogen (secondary N) is 1. The predicted molar refractivity (Wildman–Crippen MR) is 80.1 cm³/mol. The van der Waals surface area contributed by atoms with Gasteiger partial charge in [0.15, 0.2) is 0 Å². The Labute approximate surface area is 121 Å². The van der Waals surface area contributed by atoms with Gasteiger partial charge in [-0.3, -0.25) is 0 Å². The van der Waals surface area contributed by atoms with Gasteiger partial charge in [0.1, 0.15) is 11.9 Å². The fourth-order valence-electron chi connectivity index (χ4n) is 1.84. The van der Waals surface area contributed by atoms with Gasteiger partial charge in [-0.25, -0.2) is 0 Å². The van der Waals surface area contributed by atoms with Crippen LogP contribution in [0.15, 0.2) is 18.2 Å². The van der Waals surface area contributed by atoms with Crippen LogP contribution in [0.2, 0.25) is 5.02 Å². The van der Waals surface area contributed by atoms with Crippen molar-refractivity contribution in [3.8, 4) is 5.75 Å². The van der Waals surface area contributed by atoms with Crippen molar-refractivity contribution in [1.82, 2.24) is 5.32 Å². The van der Waals surface area contributed by atoms with Crippen molar-refractivity contribution in [2.24, 2.45) is 0 Å². The number of hydrogen-bond donors (Lipinski definition) is 1. The van der Waals surface area contributed by atoms with E-state index in [9.17, 15) is 0 Å². The normalized spacial score (nSPS) is 14.2. The molecule has 1 N–H and O–H groups in total. The Balaban J connectivity index is 2.66. The molecule has 0 heterocycles. The summed E-state index contributed by atoms with van der Waals surface area (Å²) >= 11 is 6.26. The minimum absolute atomic E-state index is 0.00510. The van der Waals surface area contributed by atoms with Gasteiger partial charge in [0.05, 0.1) is 11.6 Å². The van der Waals surface area contributed by atoms with Crippen LogP contribution in [0.5, 0.6) is 5.75 Å². The third-order valence-electron chi connectivity index (χ3n) is 2.85. The molecule has 0 amide bonds. The zero-order valence-electron chi connectivity index (χ0n) is 12.2. The molecule has 0 bridgehead atoms. The zero-order valence-corrected chi connectivity index (χ0v) is 13.0. The molecular weight excluding hydrogens is 262 g/mol. The van der Waals surface area contributed by atoms with Crippen molar-refractivity contribution in [2.45, 2.75) is 39.8 Å². The van der Waals surface area contributed by atoms with E-state index in [-0.39, 0.29) is 12.1 Å². The molecule has 108 valence electrons. The van der Waals surface area contributed by atoms with Crippen LogP contribution in [-0.4, -0.2) is 25.9 Å². The molecule has 0 fully saturated rings. The average Bonchev–Trinajstić information content (AvgIpc) is 2.39. The first kappa shape index (κ1) is 16.3. The summed E-state index contributed by atoms with van der Waals surface area (Å²) in [5, 5.41) is 4.00. The van der Waals surface area contributed by atoms with E-state index < -0.39 is 0 Å². The number of benzene rings is 1. The van der Waals surface area contributed by atoms with Crippen molar-refractivity contribution in [1.29, 1.82) is 0 Å². The topological polar surface area (TPSA) is 30.5 Å². The van der Waals surface area contributed by atoms with E-state index in [0.29, 0.717) is 24.0 Å².